The molecule has 1 heterocycles. The molecule has 1 aromatic heterocycles. The second-order valence-electron chi connectivity index (χ2n) is 5.39. The van der Waals surface area contributed by atoms with E-state index in [1.807, 2.05) is 6.07 Å². The minimum absolute atomic E-state index is 0.216. The molecule has 3 rings (SSSR count). The fraction of sp³-hybridized carbons (Fsp3) is 0.150. The molecule has 6 heteroatoms. The molecule has 0 aliphatic heterocycles. The number of para-hydroxylation sites is 1. The van der Waals surface area contributed by atoms with Crippen molar-refractivity contribution in [2.75, 3.05) is 19.1 Å². The summed E-state index contributed by atoms with van der Waals surface area (Å²) < 4.78 is 21.5. The highest BCUT2D eigenvalue weighted by molar-refractivity contribution is 5.89. The highest BCUT2D eigenvalue weighted by Gasteiger charge is 2.21. The van der Waals surface area contributed by atoms with Gasteiger partial charge in [-0.05, 0) is 36.4 Å². The SMILES string of the molecule is COc1ccc(N(Cc2ccco2)C(=O)Oc2ccccc2)cc1OC. The van der Waals surface area contributed by atoms with Gasteiger partial charge in [-0.25, -0.2) is 4.79 Å². The number of methoxy groups -OCH3 is 2. The number of furan rings is 1. The summed E-state index contributed by atoms with van der Waals surface area (Å²) in [7, 11) is 3.10. The van der Waals surface area contributed by atoms with E-state index in [2.05, 4.69) is 0 Å². The maximum absolute atomic E-state index is 12.8. The minimum atomic E-state index is -0.528. The van der Waals surface area contributed by atoms with Crippen molar-refractivity contribution in [3.63, 3.8) is 0 Å². The van der Waals surface area contributed by atoms with Gasteiger partial charge in [0.2, 0.25) is 0 Å². The van der Waals surface area contributed by atoms with Crippen LogP contribution in [0.25, 0.3) is 0 Å². The van der Waals surface area contributed by atoms with Crippen LogP contribution in [0.3, 0.4) is 0 Å². The van der Waals surface area contributed by atoms with E-state index in [1.54, 1.807) is 75.1 Å². The summed E-state index contributed by atoms with van der Waals surface area (Å²) in [5.74, 6) is 2.18. The zero-order valence-electron chi connectivity index (χ0n) is 14.5. The Morgan fingerprint density at radius 2 is 1.73 bits per heavy atom. The van der Waals surface area contributed by atoms with Crippen LogP contribution in [0.4, 0.5) is 10.5 Å². The molecule has 0 unspecified atom stereocenters. The molecule has 0 spiro atoms. The van der Waals surface area contributed by atoms with Crippen molar-refractivity contribution in [1.82, 2.24) is 0 Å². The van der Waals surface area contributed by atoms with Gasteiger partial charge >= 0.3 is 6.09 Å². The van der Waals surface area contributed by atoms with E-state index >= 15 is 0 Å². The number of carbonyl (C=O) groups is 1. The quantitative estimate of drug-likeness (QED) is 0.653. The Balaban J connectivity index is 1.91. The van der Waals surface area contributed by atoms with Crippen molar-refractivity contribution < 1.29 is 23.4 Å². The van der Waals surface area contributed by atoms with Crippen molar-refractivity contribution in [2.24, 2.45) is 0 Å². The van der Waals surface area contributed by atoms with Gasteiger partial charge in [0.15, 0.2) is 11.5 Å². The van der Waals surface area contributed by atoms with E-state index in [9.17, 15) is 4.79 Å². The zero-order chi connectivity index (χ0) is 18.4. The van der Waals surface area contributed by atoms with Crippen LogP contribution in [0.5, 0.6) is 17.2 Å². The first-order valence-electron chi connectivity index (χ1n) is 8.00. The average molecular weight is 353 g/mol. The van der Waals surface area contributed by atoms with E-state index < -0.39 is 6.09 Å². The third-order valence-corrected chi connectivity index (χ3v) is 3.74. The minimum Gasteiger partial charge on any atom is -0.493 e. The van der Waals surface area contributed by atoms with Gasteiger partial charge in [0.05, 0.1) is 32.7 Å². The summed E-state index contributed by atoms with van der Waals surface area (Å²) in [6.45, 7) is 0.216. The number of nitrogens with zero attached hydrogens (tertiary/aromatic N) is 1. The lowest BCUT2D eigenvalue weighted by Gasteiger charge is -2.22. The second-order valence-corrected chi connectivity index (χ2v) is 5.39. The number of carbonyl (C=O) groups excluding carboxylic acids is 1. The van der Waals surface area contributed by atoms with Crippen molar-refractivity contribution in [3.8, 4) is 17.2 Å². The highest BCUT2D eigenvalue weighted by Crippen LogP contribution is 2.32. The summed E-state index contributed by atoms with van der Waals surface area (Å²) in [4.78, 5) is 14.2. The Labute approximate surface area is 151 Å². The van der Waals surface area contributed by atoms with Gasteiger partial charge < -0.3 is 18.6 Å². The topological polar surface area (TPSA) is 61.1 Å². The fourth-order valence-corrected chi connectivity index (χ4v) is 2.46. The van der Waals surface area contributed by atoms with Gasteiger partial charge in [-0.3, -0.25) is 4.90 Å². The van der Waals surface area contributed by atoms with Gasteiger partial charge in [0.1, 0.15) is 11.5 Å². The Bertz CT molecular complexity index is 846. The van der Waals surface area contributed by atoms with Crippen molar-refractivity contribution in [3.05, 3.63) is 72.7 Å². The van der Waals surface area contributed by atoms with Crippen molar-refractivity contribution >= 4 is 11.8 Å². The molecule has 134 valence electrons. The third-order valence-electron chi connectivity index (χ3n) is 3.74. The smallest absolute Gasteiger partial charge is 0.420 e. The predicted molar refractivity (Wildman–Crippen MR) is 96.9 cm³/mol. The molecule has 0 N–H and O–H groups in total. The van der Waals surface area contributed by atoms with Gasteiger partial charge in [-0.15, -0.1) is 0 Å². The lowest BCUT2D eigenvalue weighted by molar-refractivity contribution is 0.206. The van der Waals surface area contributed by atoms with E-state index in [-0.39, 0.29) is 6.54 Å². The zero-order valence-corrected chi connectivity index (χ0v) is 14.5. The van der Waals surface area contributed by atoms with Gasteiger partial charge in [0.25, 0.3) is 0 Å². The highest BCUT2D eigenvalue weighted by atomic mass is 16.6. The Hall–Kier alpha value is -3.41. The van der Waals surface area contributed by atoms with Gasteiger partial charge in [-0.1, -0.05) is 18.2 Å². The summed E-state index contributed by atoms with van der Waals surface area (Å²) in [6.07, 6.45) is 1.03. The molecule has 0 bridgehead atoms. The Morgan fingerprint density at radius 3 is 2.38 bits per heavy atom. The normalized spacial score (nSPS) is 10.2. The predicted octanol–water partition coefficient (Wildman–Crippen LogP) is 4.50. The first-order valence-corrected chi connectivity index (χ1v) is 8.00. The number of benzene rings is 2. The molecular formula is C20H19NO5. The second kappa shape index (κ2) is 8.11. The number of hydrogen-bond acceptors (Lipinski definition) is 5. The fourth-order valence-electron chi connectivity index (χ4n) is 2.46. The number of anilines is 1. The average Bonchev–Trinajstić information content (AvgIpc) is 3.19. The van der Waals surface area contributed by atoms with Crippen LogP contribution in [-0.2, 0) is 6.54 Å². The van der Waals surface area contributed by atoms with Crippen LogP contribution in [0, 0.1) is 0 Å². The lowest BCUT2D eigenvalue weighted by atomic mass is 10.2. The van der Waals surface area contributed by atoms with Gasteiger partial charge in [-0.2, -0.15) is 0 Å². The Morgan fingerprint density at radius 1 is 0.962 bits per heavy atom. The summed E-state index contributed by atoms with van der Waals surface area (Å²) in [6, 6.07) is 17.7. The summed E-state index contributed by atoms with van der Waals surface area (Å²) in [5, 5.41) is 0. The molecule has 3 aromatic rings. The van der Waals surface area contributed by atoms with E-state index in [0.29, 0.717) is 28.7 Å². The Kier molecular flexibility index (Phi) is 5.43. The van der Waals surface area contributed by atoms with Crippen molar-refractivity contribution in [1.29, 1.82) is 0 Å². The van der Waals surface area contributed by atoms with E-state index in [0.717, 1.165) is 0 Å². The molecule has 0 saturated carbocycles. The number of amides is 1. The monoisotopic (exact) mass is 353 g/mol. The summed E-state index contributed by atoms with van der Waals surface area (Å²) >= 11 is 0. The lowest BCUT2D eigenvalue weighted by Crippen LogP contribution is -2.33. The molecule has 26 heavy (non-hydrogen) atoms. The molecular weight excluding hydrogens is 334 g/mol. The molecule has 0 fully saturated rings. The maximum atomic E-state index is 12.8. The van der Waals surface area contributed by atoms with E-state index in [1.165, 1.54) is 4.90 Å². The number of ether oxygens (including phenoxy) is 3. The van der Waals surface area contributed by atoms with Crippen LogP contribution in [0.15, 0.2) is 71.3 Å². The molecule has 0 saturated heterocycles. The van der Waals surface area contributed by atoms with E-state index in [4.69, 9.17) is 18.6 Å². The van der Waals surface area contributed by atoms with Gasteiger partial charge in [0, 0.05) is 6.07 Å². The molecule has 0 aliphatic carbocycles. The molecule has 2 aromatic carbocycles. The first kappa shape index (κ1) is 17.4. The summed E-state index contributed by atoms with van der Waals surface area (Å²) in [5.41, 5.74) is 0.597. The largest absolute Gasteiger partial charge is 0.493 e. The molecule has 0 aliphatic rings. The van der Waals surface area contributed by atoms with Crippen LogP contribution in [0.1, 0.15) is 5.76 Å². The molecule has 0 radical (unpaired) electrons. The van der Waals surface area contributed by atoms with Crippen LogP contribution >= 0.6 is 0 Å². The number of hydrogen-bond donors (Lipinski definition) is 0. The third kappa shape index (κ3) is 3.97. The van der Waals surface area contributed by atoms with Crippen LogP contribution in [-0.4, -0.2) is 20.3 Å². The van der Waals surface area contributed by atoms with Crippen molar-refractivity contribution in [2.45, 2.75) is 6.54 Å². The maximum Gasteiger partial charge on any atom is 0.420 e. The van der Waals surface area contributed by atoms with Crippen LogP contribution in [0.2, 0.25) is 0 Å². The van der Waals surface area contributed by atoms with Crippen LogP contribution < -0.4 is 19.1 Å². The standard InChI is InChI=1S/C20H19NO5/c1-23-18-11-10-15(13-19(18)24-2)21(14-17-9-6-12-25-17)20(22)26-16-7-4-3-5-8-16/h3-13H,14H2,1-2H3. The molecule has 6 nitrogen and oxygen atoms in total. The first-order chi connectivity index (χ1) is 12.7. The number of rotatable bonds is 6. The molecule has 1 amide bonds. The molecule has 0 atom stereocenters.